The summed E-state index contributed by atoms with van der Waals surface area (Å²) in [4.78, 5) is 13.5. The predicted molar refractivity (Wildman–Crippen MR) is 147 cm³/mol. The number of thiophene rings is 1. The highest BCUT2D eigenvalue weighted by atomic mass is 32.1. The maximum absolute atomic E-state index is 12.6. The van der Waals surface area contributed by atoms with E-state index in [0.717, 1.165) is 27.3 Å². The third kappa shape index (κ3) is 7.09. The zero-order valence-electron chi connectivity index (χ0n) is 21.4. The Morgan fingerprint density at radius 2 is 1.51 bits per heavy atom. The van der Waals surface area contributed by atoms with Gasteiger partial charge < -0.3 is 21.1 Å². The van der Waals surface area contributed by atoms with Crippen LogP contribution in [-0.2, 0) is 17.3 Å². The van der Waals surface area contributed by atoms with Crippen LogP contribution in [0.2, 0.25) is 0 Å². The van der Waals surface area contributed by atoms with Gasteiger partial charge in [-0.15, -0.1) is 11.3 Å². The van der Waals surface area contributed by atoms with Crippen LogP contribution in [0.3, 0.4) is 0 Å². The second kappa shape index (κ2) is 10.5. The summed E-state index contributed by atoms with van der Waals surface area (Å²) < 4.78 is 0. The molecule has 2 amide bonds. The Balaban J connectivity index is 1.57. The van der Waals surface area contributed by atoms with Crippen molar-refractivity contribution in [2.24, 2.45) is 0 Å². The van der Waals surface area contributed by atoms with Crippen molar-refractivity contribution in [3.63, 3.8) is 0 Å². The summed E-state index contributed by atoms with van der Waals surface area (Å²) in [5.74, 6) is 0.670. The molecule has 1 aromatic heterocycles. The Labute approximate surface area is 212 Å². The molecule has 0 aliphatic carbocycles. The first-order valence-electron chi connectivity index (χ1n) is 11.8. The molecule has 3 rings (SSSR count). The van der Waals surface area contributed by atoms with Crippen molar-refractivity contribution in [3.05, 3.63) is 75.5 Å². The monoisotopic (exact) mass is 492 g/mol. The average molecular weight is 493 g/mol. The van der Waals surface area contributed by atoms with Crippen LogP contribution in [0.1, 0.15) is 63.1 Å². The third-order valence-corrected chi connectivity index (χ3v) is 6.56. The topological polar surface area (TPSA) is 97.2 Å². The maximum Gasteiger partial charge on any atom is 0.319 e. The van der Waals surface area contributed by atoms with Crippen LogP contribution < -0.4 is 16.0 Å². The largest absolute Gasteiger partial charge is 0.507 e. The first kappa shape index (κ1) is 26.3. The lowest BCUT2D eigenvalue weighted by Gasteiger charge is -2.28. The fourth-order valence-electron chi connectivity index (χ4n) is 3.73. The second-order valence-electron chi connectivity index (χ2n) is 10.7. The number of rotatable bonds is 6. The van der Waals surface area contributed by atoms with Gasteiger partial charge in [0.25, 0.3) is 0 Å². The molecule has 2 aromatic carbocycles. The van der Waals surface area contributed by atoms with Gasteiger partial charge in [-0.1, -0.05) is 59.7 Å². The summed E-state index contributed by atoms with van der Waals surface area (Å²) >= 11 is 1.53. The number of carbonyl (C=O) groups is 1. The summed E-state index contributed by atoms with van der Waals surface area (Å²) in [6.45, 7) is 12.8. The molecule has 0 radical (unpaired) electrons. The zero-order valence-corrected chi connectivity index (χ0v) is 22.2. The lowest BCUT2D eigenvalue weighted by molar-refractivity contribution is 0.252. The van der Waals surface area contributed by atoms with Crippen molar-refractivity contribution >= 4 is 34.6 Å². The average Bonchev–Trinajstić information content (AvgIpc) is 3.29. The van der Waals surface area contributed by atoms with Crippen LogP contribution in [-0.4, -0.2) is 23.5 Å². The number of hydrogen-bond donors (Lipinski definition) is 5. The normalized spacial score (nSPS) is 11.7. The number of benzene rings is 2. The van der Waals surface area contributed by atoms with Crippen molar-refractivity contribution in [3.8, 4) is 5.75 Å². The van der Waals surface area contributed by atoms with Gasteiger partial charge in [0.15, 0.2) is 0 Å². The standard InChI is InChI=1S/C28H36N4O2S/c1-27(2,3)21-16-20(17-22(24(21)33)28(4,5)6)32-26(34)30-14-13-18-9-11-19(12-10-18)31-25(29)23-8-7-15-35-23/h7-12,15-17,33H,13-14H2,1-6H3,(H2,29,31)(H2,30,32,34). The summed E-state index contributed by atoms with van der Waals surface area (Å²) in [6.07, 6.45) is 0.687. The summed E-state index contributed by atoms with van der Waals surface area (Å²) in [6, 6.07) is 15.1. The zero-order chi connectivity index (χ0) is 25.8. The Morgan fingerprint density at radius 1 is 0.914 bits per heavy atom. The van der Waals surface area contributed by atoms with E-state index in [-0.39, 0.29) is 16.9 Å². The number of hydrogen-bond acceptors (Lipinski definition) is 4. The van der Waals surface area contributed by atoms with E-state index in [2.05, 4.69) is 16.0 Å². The van der Waals surface area contributed by atoms with Crippen LogP contribution >= 0.6 is 11.3 Å². The summed E-state index contributed by atoms with van der Waals surface area (Å²) in [5.41, 5.74) is 3.70. The number of anilines is 2. The molecular formula is C28H36N4O2S. The molecule has 0 spiro atoms. The Kier molecular flexibility index (Phi) is 7.90. The van der Waals surface area contributed by atoms with Crippen LogP contribution in [0.4, 0.5) is 16.2 Å². The molecule has 0 aliphatic heterocycles. The van der Waals surface area contributed by atoms with Crippen molar-refractivity contribution in [1.82, 2.24) is 5.32 Å². The van der Waals surface area contributed by atoms with Crippen molar-refractivity contribution < 1.29 is 9.90 Å². The molecule has 0 saturated carbocycles. The van der Waals surface area contributed by atoms with E-state index < -0.39 is 0 Å². The number of carbonyl (C=O) groups excluding carboxylic acids is 1. The smallest absolute Gasteiger partial charge is 0.319 e. The number of urea groups is 1. The van der Waals surface area contributed by atoms with Gasteiger partial charge in [-0.05, 0) is 58.5 Å². The second-order valence-corrected chi connectivity index (χ2v) is 11.7. The number of amides is 2. The minimum atomic E-state index is -0.280. The third-order valence-electron chi connectivity index (χ3n) is 5.67. The number of phenols is 1. The Morgan fingerprint density at radius 3 is 2.03 bits per heavy atom. The van der Waals surface area contributed by atoms with Crippen LogP contribution in [0, 0.1) is 5.41 Å². The molecule has 7 heteroatoms. The van der Waals surface area contributed by atoms with Gasteiger partial charge in [0.05, 0.1) is 4.88 Å². The molecule has 35 heavy (non-hydrogen) atoms. The molecule has 0 atom stereocenters. The SMILES string of the molecule is CC(C)(C)c1cc(NC(=O)NCCc2ccc(NC(=N)c3cccs3)cc2)cc(C(C)(C)C)c1O. The van der Waals surface area contributed by atoms with Gasteiger partial charge in [0.1, 0.15) is 11.6 Å². The van der Waals surface area contributed by atoms with Gasteiger partial charge in [-0.25, -0.2) is 4.79 Å². The quantitative estimate of drug-likeness (QED) is 0.148. The van der Waals surface area contributed by atoms with E-state index in [4.69, 9.17) is 5.41 Å². The fourth-order valence-corrected chi connectivity index (χ4v) is 4.36. The summed E-state index contributed by atoms with van der Waals surface area (Å²) in [5, 5.41) is 29.9. The molecule has 0 bridgehead atoms. The van der Waals surface area contributed by atoms with E-state index >= 15 is 0 Å². The van der Waals surface area contributed by atoms with Gasteiger partial charge in [0.2, 0.25) is 0 Å². The minimum absolute atomic E-state index is 0.262. The van der Waals surface area contributed by atoms with E-state index in [9.17, 15) is 9.90 Å². The molecule has 186 valence electrons. The number of amidine groups is 1. The molecule has 1 heterocycles. The lowest BCUT2D eigenvalue weighted by Crippen LogP contribution is -2.31. The number of phenolic OH excluding ortho intramolecular Hbond substituents is 1. The van der Waals surface area contributed by atoms with E-state index in [0.29, 0.717) is 30.2 Å². The maximum atomic E-state index is 12.6. The highest BCUT2D eigenvalue weighted by Crippen LogP contribution is 2.41. The molecule has 5 N–H and O–H groups in total. The van der Waals surface area contributed by atoms with E-state index in [1.807, 2.05) is 95.5 Å². The lowest BCUT2D eigenvalue weighted by atomic mass is 9.79. The molecule has 0 saturated heterocycles. The van der Waals surface area contributed by atoms with Crippen LogP contribution in [0.5, 0.6) is 5.75 Å². The van der Waals surface area contributed by atoms with Gasteiger partial charge in [-0.2, -0.15) is 0 Å². The minimum Gasteiger partial charge on any atom is -0.507 e. The van der Waals surface area contributed by atoms with Crippen LogP contribution in [0.15, 0.2) is 53.9 Å². The molecule has 3 aromatic rings. The van der Waals surface area contributed by atoms with Crippen LogP contribution in [0.25, 0.3) is 0 Å². The van der Waals surface area contributed by atoms with Crippen molar-refractivity contribution in [2.45, 2.75) is 58.8 Å². The molecule has 6 nitrogen and oxygen atoms in total. The molecule has 0 unspecified atom stereocenters. The van der Waals surface area contributed by atoms with E-state index in [1.54, 1.807) is 0 Å². The van der Waals surface area contributed by atoms with Crippen molar-refractivity contribution in [1.29, 1.82) is 5.41 Å². The van der Waals surface area contributed by atoms with Gasteiger partial charge in [-0.3, -0.25) is 5.41 Å². The Bertz CT molecular complexity index is 1140. The first-order chi connectivity index (χ1) is 16.3. The molecule has 0 fully saturated rings. The predicted octanol–water partition coefficient (Wildman–Crippen LogP) is 6.85. The fraction of sp³-hybridized carbons (Fsp3) is 0.357. The first-order valence-corrected chi connectivity index (χ1v) is 12.6. The molecule has 0 aliphatic rings. The highest BCUT2D eigenvalue weighted by Gasteiger charge is 2.26. The summed E-state index contributed by atoms with van der Waals surface area (Å²) in [7, 11) is 0. The number of nitrogens with one attached hydrogen (secondary N) is 4. The van der Waals surface area contributed by atoms with E-state index in [1.165, 1.54) is 11.3 Å². The Hall–Kier alpha value is -3.32. The van der Waals surface area contributed by atoms with Gasteiger partial charge >= 0.3 is 6.03 Å². The number of aromatic hydroxyl groups is 1. The highest BCUT2D eigenvalue weighted by molar-refractivity contribution is 7.12. The van der Waals surface area contributed by atoms with Gasteiger partial charge in [0, 0.05) is 29.0 Å². The van der Waals surface area contributed by atoms with Crippen molar-refractivity contribution in [2.75, 3.05) is 17.2 Å². The molecular weight excluding hydrogens is 456 g/mol.